The van der Waals surface area contributed by atoms with Gasteiger partial charge in [-0.15, -0.1) is 0 Å². The van der Waals surface area contributed by atoms with Crippen LogP contribution in [-0.4, -0.2) is 6.54 Å². The van der Waals surface area contributed by atoms with Crippen molar-refractivity contribution in [3.63, 3.8) is 0 Å². The van der Waals surface area contributed by atoms with Crippen molar-refractivity contribution in [2.24, 2.45) is 0 Å². The topological polar surface area (TPSA) is 12.0 Å². The summed E-state index contributed by atoms with van der Waals surface area (Å²) in [5, 5.41) is 5.84. The molecule has 0 amide bonds. The Balaban J connectivity index is 2.63. The van der Waals surface area contributed by atoms with Crippen molar-refractivity contribution in [1.29, 1.82) is 0 Å². The molecular weight excluding hydrogens is 238 g/mol. The number of hydrogen-bond donors (Lipinski definition) is 1. The fourth-order valence-electron chi connectivity index (χ4n) is 1.56. The third-order valence-electron chi connectivity index (χ3n) is 2.23. The Bertz CT molecular complexity index is 451. The number of rotatable bonds is 2. The van der Waals surface area contributed by atoms with Crippen molar-refractivity contribution in [3.8, 4) is 0 Å². The molecule has 2 heteroatoms. The van der Waals surface area contributed by atoms with Crippen LogP contribution in [0, 0.1) is 0 Å². The van der Waals surface area contributed by atoms with Crippen molar-refractivity contribution < 1.29 is 0 Å². The molecule has 2 aromatic carbocycles. The highest BCUT2D eigenvalue weighted by atomic mass is 79.9. The van der Waals surface area contributed by atoms with Gasteiger partial charge in [0.25, 0.3) is 0 Å². The van der Waals surface area contributed by atoms with E-state index in [2.05, 4.69) is 64.6 Å². The van der Waals surface area contributed by atoms with Crippen molar-refractivity contribution in [1.82, 2.24) is 0 Å². The third-order valence-corrected chi connectivity index (χ3v) is 3.08. The number of nitrogens with one attached hydrogen (secondary N) is 1. The van der Waals surface area contributed by atoms with Gasteiger partial charge in [-0.3, -0.25) is 0 Å². The fourth-order valence-corrected chi connectivity index (χ4v) is 2.19. The minimum atomic E-state index is 0.941. The highest BCUT2D eigenvalue weighted by Gasteiger charge is 2.02. The Hall–Kier alpha value is -1.02. The van der Waals surface area contributed by atoms with Gasteiger partial charge in [0.1, 0.15) is 0 Å². The summed E-state index contributed by atoms with van der Waals surface area (Å²) in [6, 6.07) is 12.6. The average Bonchev–Trinajstić information content (AvgIpc) is 2.23. The van der Waals surface area contributed by atoms with E-state index in [1.54, 1.807) is 0 Å². The normalized spacial score (nSPS) is 10.4. The number of benzene rings is 2. The van der Waals surface area contributed by atoms with Gasteiger partial charge in [0.05, 0.1) is 0 Å². The highest BCUT2D eigenvalue weighted by Crippen LogP contribution is 2.30. The van der Waals surface area contributed by atoms with Gasteiger partial charge in [0.2, 0.25) is 0 Å². The van der Waals surface area contributed by atoms with Gasteiger partial charge in [-0.2, -0.15) is 0 Å². The number of anilines is 1. The van der Waals surface area contributed by atoms with Crippen LogP contribution in [0.1, 0.15) is 6.92 Å². The molecule has 2 rings (SSSR count). The first-order chi connectivity index (χ1) is 6.83. The monoisotopic (exact) mass is 249 g/mol. The molecule has 0 saturated carbocycles. The molecule has 2 aromatic rings. The zero-order valence-corrected chi connectivity index (χ0v) is 9.64. The van der Waals surface area contributed by atoms with Crippen LogP contribution in [0.2, 0.25) is 0 Å². The Morgan fingerprint density at radius 2 is 1.93 bits per heavy atom. The molecule has 0 unspecified atom stereocenters. The lowest BCUT2D eigenvalue weighted by atomic mass is 10.1. The molecule has 0 atom stereocenters. The third kappa shape index (κ3) is 1.62. The summed E-state index contributed by atoms with van der Waals surface area (Å²) in [6.45, 7) is 3.04. The van der Waals surface area contributed by atoms with Crippen molar-refractivity contribution in [2.75, 3.05) is 11.9 Å². The van der Waals surface area contributed by atoms with E-state index in [0.29, 0.717) is 0 Å². The summed E-state index contributed by atoms with van der Waals surface area (Å²) in [5.41, 5.74) is 1.16. The summed E-state index contributed by atoms with van der Waals surface area (Å²) in [4.78, 5) is 0. The second-order valence-corrected chi connectivity index (χ2v) is 3.97. The van der Waals surface area contributed by atoms with E-state index in [1.807, 2.05) is 0 Å². The molecule has 0 fully saturated rings. The average molecular weight is 250 g/mol. The molecule has 0 spiro atoms. The Labute approximate surface area is 92.3 Å². The summed E-state index contributed by atoms with van der Waals surface area (Å²) in [5.74, 6) is 0. The zero-order chi connectivity index (χ0) is 9.97. The molecule has 14 heavy (non-hydrogen) atoms. The molecule has 0 bridgehead atoms. The molecule has 0 aliphatic heterocycles. The van der Waals surface area contributed by atoms with Crippen LogP contribution < -0.4 is 5.32 Å². The molecule has 0 radical (unpaired) electrons. The first-order valence-electron chi connectivity index (χ1n) is 4.74. The fraction of sp³-hybridized carbons (Fsp3) is 0.167. The molecule has 1 nitrogen and oxygen atoms in total. The van der Waals surface area contributed by atoms with Gasteiger partial charge >= 0.3 is 0 Å². The second kappa shape index (κ2) is 4.01. The number of fused-ring (bicyclic) bond motifs is 1. The van der Waals surface area contributed by atoms with E-state index < -0.39 is 0 Å². The maximum Gasteiger partial charge on any atom is 0.0491 e. The van der Waals surface area contributed by atoms with Crippen molar-refractivity contribution in [2.45, 2.75) is 6.92 Å². The van der Waals surface area contributed by atoms with Crippen LogP contribution in [0.3, 0.4) is 0 Å². The lowest BCUT2D eigenvalue weighted by molar-refractivity contribution is 1.21. The molecule has 0 aromatic heterocycles. The predicted octanol–water partition coefficient (Wildman–Crippen LogP) is 4.03. The number of halogens is 1. The molecule has 72 valence electrons. The van der Waals surface area contributed by atoms with Gasteiger partial charge in [0, 0.05) is 16.7 Å². The standard InChI is InChI=1S/C12H12BrN/c1-2-14-11-8-7-9-5-3-4-6-10(9)12(11)13/h3-8,14H,2H2,1H3. The van der Waals surface area contributed by atoms with E-state index >= 15 is 0 Å². The predicted molar refractivity (Wildman–Crippen MR) is 65.8 cm³/mol. The molecular formula is C12H12BrN. The molecule has 0 aliphatic carbocycles. The minimum Gasteiger partial charge on any atom is -0.384 e. The quantitative estimate of drug-likeness (QED) is 0.848. The van der Waals surface area contributed by atoms with Crippen LogP contribution in [0.5, 0.6) is 0 Å². The van der Waals surface area contributed by atoms with Crippen LogP contribution in [0.15, 0.2) is 40.9 Å². The molecule has 1 N–H and O–H groups in total. The first kappa shape index (κ1) is 9.53. The van der Waals surface area contributed by atoms with Gasteiger partial charge in [-0.1, -0.05) is 30.3 Å². The van der Waals surface area contributed by atoms with E-state index in [9.17, 15) is 0 Å². The second-order valence-electron chi connectivity index (χ2n) is 3.18. The van der Waals surface area contributed by atoms with E-state index in [0.717, 1.165) is 16.7 Å². The number of hydrogen-bond acceptors (Lipinski definition) is 1. The summed E-state index contributed by atoms with van der Waals surface area (Å²) in [7, 11) is 0. The summed E-state index contributed by atoms with van der Waals surface area (Å²) >= 11 is 3.62. The van der Waals surface area contributed by atoms with Crippen LogP contribution in [0.25, 0.3) is 10.8 Å². The van der Waals surface area contributed by atoms with Crippen LogP contribution in [0.4, 0.5) is 5.69 Å². The lowest BCUT2D eigenvalue weighted by Gasteiger charge is -2.08. The molecule has 0 aliphatic rings. The smallest absolute Gasteiger partial charge is 0.0491 e. The van der Waals surface area contributed by atoms with E-state index in [-0.39, 0.29) is 0 Å². The molecule has 0 saturated heterocycles. The summed E-state index contributed by atoms with van der Waals surface area (Å²) < 4.78 is 1.15. The minimum absolute atomic E-state index is 0.941. The van der Waals surface area contributed by atoms with Crippen molar-refractivity contribution >= 4 is 32.4 Å². The van der Waals surface area contributed by atoms with Gasteiger partial charge in [0.15, 0.2) is 0 Å². The first-order valence-corrected chi connectivity index (χ1v) is 5.53. The Kier molecular flexibility index (Phi) is 2.73. The van der Waals surface area contributed by atoms with E-state index in [1.165, 1.54) is 10.8 Å². The van der Waals surface area contributed by atoms with Gasteiger partial charge < -0.3 is 5.32 Å². The van der Waals surface area contributed by atoms with Gasteiger partial charge in [-0.25, -0.2) is 0 Å². The Morgan fingerprint density at radius 3 is 2.71 bits per heavy atom. The maximum atomic E-state index is 3.62. The highest BCUT2D eigenvalue weighted by molar-refractivity contribution is 9.10. The van der Waals surface area contributed by atoms with E-state index in [4.69, 9.17) is 0 Å². The lowest BCUT2D eigenvalue weighted by Crippen LogP contribution is -1.97. The van der Waals surface area contributed by atoms with Crippen LogP contribution in [-0.2, 0) is 0 Å². The maximum absolute atomic E-state index is 3.62. The summed E-state index contributed by atoms with van der Waals surface area (Å²) in [6.07, 6.45) is 0. The SMILES string of the molecule is CCNc1ccc2ccccc2c1Br. The Morgan fingerprint density at radius 1 is 1.14 bits per heavy atom. The largest absolute Gasteiger partial charge is 0.384 e. The van der Waals surface area contributed by atoms with Crippen LogP contribution >= 0.6 is 15.9 Å². The zero-order valence-electron chi connectivity index (χ0n) is 8.05. The van der Waals surface area contributed by atoms with Gasteiger partial charge in [-0.05, 0) is 39.7 Å². The van der Waals surface area contributed by atoms with Crippen molar-refractivity contribution in [3.05, 3.63) is 40.9 Å². The molecule has 0 heterocycles.